The Morgan fingerprint density at radius 3 is 2.53 bits per heavy atom. The van der Waals surface area contributed by atoms with Crippen LogP contribution in [0.4, 0.5) is 0 Å². The van der Waals surface area contributed by atoms with Gasteiger partial charge >= 0.3 is 0 Å². The second-order valence-electron chi connectivity index (χ2n) is 8.62. The molecule has 3 amide bonds. The lowest BCUT2D eigenvalue weighted by Gasteiger charge is -2.44. The monoisotopic (exact) mass is 411 g/mol. The number of benzene rings is 1. The molecule has 0 aromatic heterocycles. The Balaban J connectivity index is 1.44. The molecule has 1 aromatic rings. The van der Waals surface area contributed by atoms with Crippen molar-refractivity contribution in [2.75, 3.05) is 6.54 Å². The van der Waals surface area contributed by atoms with Crippen LogP contribution in [0.15, 0.2) is 30.5 Å². The molecule has 2 fully saturated rings. The summed E-state index contributed by atoms with van der Waals surface area (Å²) in [6, 6.07) is 5.24. The average Bonchev–Trinajstić information content (AvgIpc) is 2.91. The molecule has 2 aliphatic heterocycles. The van der Waals surface area contributed by atoms with Crippen LogP contribution in [0.2, 0.25) is 0 Å². The second kappa shape index (κ2) is 7.87. The smallest absolute Gasteiger partial charge is 0.262 e. The minimum atomic E-state index is -0.796. The molecule has 30 heavy (non-hydrogen) atoms. The quantitative estimate of drug-likeness (QED) is 0.728. The van der Waals surface area contributed by atoms with E-state index in [2.05, 4.69) is 37.6 Å². The lowest BCUT2D eigenvalue weighted by molar-refractivity contribution is -0.125. The Morgan fingerprint density at radius 2 is 1.90 bits per heavy atom. The van der Waals surface area contributed by atoms with Crippen molar-refractivity contribution in [3.8, 4) is 5.75 Å². The highest BCUT2D eigenvalue weighted by Crippen LogP contribution is 2.34. The minimum Gasteiger partial charge on any atom is -0.490 e. The van der Waals surface area contributed by atoms with E-state index >= 15 is 0 Å². The summed E-state index contributed by atoms with van der Waals surface area (Å²) >= 11 is 0. The van der Waals surface area contributed by atoms with Gasteiger partial charge in [0.1, 0.15) is 17.9 Å². The van der Waals surface area contributed by atoms with E-state index in [0.29, 0.717) is 47.5 Å². The van der Waals surface area contributed by atoms with Crippen LogP contribution in [-0.2, 0) is 4.79 Å². The van der Waals surface area contributed by atoms with Crippen molar-refractivity contribution in [3.63, 3.8) is 0 Å². The number of piperidine rings is 1. The summed E-state index contributed by atoms with van der Waals surface area (Å²) in [7, 11) is 0. The van der Waals surface area contributed by atoms with E-state index in [-0.39, 0.29) is 12.0 Å². The van der Waals surface area contributed by atoms with E-state index in [4.69, 9.17) is 4.74 Å². The topological polar surface area (TPSA) is 79.0 Å². The van der Waals surface area contributed by atoms with Gasteiger partial charge in [-0.05, 0) is 51.4 Å². The van der Waals surface area contributed by atoms with Crippen molar-refractivity contribution < 1.29 is 19.1 Å². The Morgan fingerprint density at radius 1 is 1.20 bits per heavy atom. The second-order valence-corrected chi connectivity index (χ2v) is 8.62. The molecule has 1 aromatic carbocycles. The largest absolute Gasteiger partial charge is 0.490 e. The van der Waals surface area contributed by atoms with Gasteiger partial charge in [-0.2, -0.15) is 0 Å². The zero-order valence-electron chi connectivity index (χ0n) is 17.8. The molecular weight excluding hydrogens is 382 g/mol. The Labute approximate surface area is 177 Å². The zero-order chi connectivity index (χ0) is 21.6. The average molecular weight is 412 g/mol. The zero-order valence-corrected chi connectivity index (χ0v) is 17.8. The number of nitrogens with zero attached hydrogens (tertiary/aromatic N) is 2. The first-order chi connectivity index (χ1) is 14.3. The van der Waals surface area contributed by atoms with Gasteiger partial charge in [0.05, 0.1) is 11.1 Å². The third-order valence-electron chi connectivity index (χ3n) is 6.39. The number of amides is 3. The van der Waals surface area contributed by atoms with Crippen molar-refractivity contribution in [2.24, 2.45) is 0 Å². The molecule has 0 radical (unpaired) electrons. The van der Waals surface area contributed by atoms with Gasteiger partial charge in [0.25, 0.3) is 11.8 Å². The van der Waals surface area contributed by atoms with Crippen LogP contribution >= 0.6 is 0 Å². The van der Waals surface area contributed by atoms with Gasteiger partial charge in [0, 0.05) is 30.6 Å². The van der Waals surface area contributed by atoms with Crippen molar-refractivity contribution in [2.45, 2.75) is 70.7 Å². The van der Waals surface area contributed by atoms with E-state index in [0.717, 1.165) is 24.3 Å². The van der Waals surface area contributed by atoms with Crippen LogP contribution in [0.5, 0.6) is 5.75 Å². The lowest BCUT2D eigenvalue weighted by Crippen LogP contribution is -2.51. The van der Waals surface area contributed by atoms with Gasteiger partial charge in [-0.15, -0.1) is 0 Å². The molecule has 1 saturated carbocycles. The van der Waals surface area contributed by atoms with Crippen molar-refractivity contribution in [3.05, 3.63) is 41.6 Å². The molecule has 160 valence electrons. The number of ether oxygens (including phenoxy) is 1. The fourth-order valence-corrected chi connectivity index (χ4v) is 4.75. The van der Waals surface area contributed by atoms with E-state index in [1.54, 1.807) is 18.2 Å². The summed E-state index contributed by atoms with van der Waals surface area (Å²) < 4.78 is 6.08. The molecule has 0 spiro atoms. The number of carbonyl (C=O) groups is 3. The number of fused-ring (bicyclic) bond motifs is 1. The van der Waals surface area contributed by atoms with E-state index in [9.17, 15) is 14.4 Å². The molecule has 2 heterocycles. The van der Waals surface area contributed by atoms with Gasteiger partial charge < -0.3 is 10.1 Å². The first kappa shape index (κ1) is 20.6. The van der Waals surface area contributed by atoms with Crippen LogP contribution in [0.1, 0.15) is 67.2 Å². The standard InChI is InChI=1S/C23H29N3O4/c1-5-25(13(2)3)15-10-17(11-15)30-16-7-8-18-19(12-16)23(29)26(22(18)28)20-9-6-14(4)24-21(20)27/h7-8,12-13,15,17,20H,4-6,9-11H2,1-3H3,(H,24,27)/t15-,17-,20?. The van der Waals surface area contributed by atoms with Crippen LogP contribution in [-0.4, -0.2) is 58.3 Å². The summed E-state index contributed by atoms with van der Waals surface area (Å²) in [6.07, 6.45) is 2.96. The predicted octanol–water partition coefficient (Wildman–Crippen LogP) is 2.72. The molecule has 1 saturated heterocycles. The lowest BCUT2D eigenvalue weighted by atomic mass is 9.87. The van der Waals surface area contributed by atoms with Crippen molar-refractivity contribution >= 4 is 17.7 Å². The molecule has 0 bridgehead atoms. The fraction of sp³-hybridized carbons (Fsp3) is 0.522. The number of nitrogens with one attached hydrogen (secondary N) is 1. The van der Waals surface area contributed by atoms with Gasteiger partial charge in [-0.25, -0.2) is 0 Å². The summed E-state index contributed by atoms with van der Waals surface area (Å²) in [5, 5.41) is 2.64. The number of carbonyl (C=O) groups excluding carboxylic acids is 3. The van der Waals surface area contributed by atoms with Gasteiger partial charge in [-0.1, -0.05) is 13.5 Å². The number of hydrogen-bond acceptors (Lipinski definition) is 5. The van der Waals surface area contributed by atoms with Gasteiger partial charge in [0.15, 0.2) is 0 Å². The molecule has 7 nitrogen and oxygen atoms in total. The summed E-state index contributed by atoms with van der Waals surface area (Å²) in [5.74, 6) is -0.623. The third kappa shape index (κ3) is 3.51. The van der Waals surface area contributed by atoms with Crippen LogP contribution in [0, 0.1) is 0 Å². The summed E-state index contributed by atoms with van der Waals surface area (Å²) in [6.45, 7) is 11.3. The number of hydrogen-bond donors (Lipinski definition) is 1. The van der Waals surface area contributed by atoms with E-state index in [1.165, 1.54) is 0 Å². The summed E-state index contributed by atoms with van der Waals surface area (Å²) in [4.78, 5) is 41.6. The molecule has 4 rings (SSSR count). The highest BCUT2D eigenvalue weighted by atomic mass is 16.5. The Bertz CT molecular complexity index is 904. The van der Waals surface area contributed by atoms with Crippen LogP contribution in [0.25, 0.3) is 0 Å². The molecule has 7 heteroatoms. The highest BCUT2D eigenvalue weighted by molar-refractivity contribution is 6.23. The van der Waals surface area contributed by atoms with Crippen LogP contribution < -0.4 is 10.1 Å². The minimum absolute atomic E-state index is 0.110. The van der Waals surface area contributed by atoms with Gasteiger partial charge in [0.2, 0.25) is 5.91 Å². The molecular formula is C23H29N3O4. The highest BCUT2D eigenvalue weighted by Gasteiger charge is 2.44. The number of allylic oxidation sites excluding steroid dienone is 1. The van der Waals surface area contributed by atoms with Gasteiger partial charge in [-0.3, -0.25) is 24.2 Å². The fourth-order valence-electron chi connectivity index (χ4n) is 4.75. The van der Waals surface area contributed by atoms with Crippen molar-refractivity contribution in [1.29, 1.82) is 0 Å². The Hall–Kier alpha value is -2.67. The maximum Gasteiger partial charge on any atom is 0.262 e. The van der Waals surface area contributed by atoms with Crippen LogP contribution in [0.3, 0.4) is 0 Å². The number of rotatable bonds is 6. The summed E-state index contributed by atoms with van der Waals surface area (Å²) in [5.41, 5.74) is 1.25. The first-order valence-corrected chi connectivity index (χ1v) is 10.7. The maximum absolute atomic E-state index is 13.0. The first-order valence-electron chi connectivity index (χ1n) is 10.7. The van der Waals surface area contributed by atoms with Crippen molar-refractivity contribution in [1.82, 2.24) is 15.1 Å². The van der Waals surface area contributed by atoms with E-state index in [1.807, 2.05) is 0 Å². The predicted molar refractivity (Wildman–Crippen MR) is 112 cm³/mol. The number of imide groups is 1. The van der Waals surface area contributed by atoms with E-state index < -0.39 is 17.9 Å². The molecule has 1 atom stereocenters. The third-order valence-corrected chi connectivity index (χ3v) is 6.39. The molecule has 1 unspecified atom stereocenters. The molecule has 1 aliphatic carbocycles. The normalized spacial score (nSPS) is 26.2. The Kier molecular flexibility index (Phi) is 5.40. The maximum atomic E-state index is 13.0. The molecule has 1 N–H and O–H groups in total. The SMILES string of the molecule is C=C1CCC(N2C(=O)c3ccc(O[C@H]4C[C@H](N(CC)C(C)C)C4)cc3C2=O)C(=O)N1. The molecule has 3 aliphatic rings.